The molecule has 0 fully saturated rings. The molecule has 4 nitrogen and oxygen atoms in total. The molecule has 0 aliphatic heterocycles. The van der Waals surface area contributed by atoms with Gasteiger partial charge >= 0.3 is 0 Å². The van der Waals surface area contributed by atoms with E-state index in [4.69, 9.17) is 33.7 Å². The van der Waals surface area contributed by atoms with Gasteiger partial charge in [-0.2, -0.15) is 0 Å². The smallest absolute Gasteiger partial charge is 0.219 e. The van der Waals surface area contributed by atoms with Crippen molar-refractivity contribution in [3.63, 3.8) is 0 Å². The van der Waals surface area contributed by atoms with Gasteiger partial charge in [0, 0.05) is 40.1 Å². The Labute approximate surface area is 175 Å². The zero-order valence-electron chi connectivity index (χ0n) is 16.1. The summed E-state index contributed by atoms with van der Waals surface area (Å²) >= 11 is 12.4. The minimum atomic E-state index is -0.313. The van der Waals surface area contributed by atoms with Crippen molar-refractivity contribution in [3.05, 3.63) is 63.3 Å². The molecule has 0 aliphatic rings. The SMILES string of the molecule is Cc1cc(OCCCc2cn(CCC(N)=O)c3cc(Cl)ccc23)cc(C)c1Cl. The third-order valence-corrected chi connectivity index (χ3v) is 5.63. The Kier molecular flexibility index (Phi) is 6.53. The number of carbonyl (C=O) groups is 1. The normalized spacial score (nSPS) is 11.1. The molecule has 0 radical (unpaired) electrons. The number of aryl methyl sites for hydroxylation is 4. The lowest BCUT2D eigenvalue weighted by molar-refractivity contribution is -0.118. The van der Waals surface area contributed by atoms with Crippen molar-refractivity contribution in [2.24, 2.45) is 5.73 Å². The van der Waals surface area contributed by atoms with Crippen LogP contribution < -0.4 is 10.5 Å². The number of carbonyl (C=O) groups excluding carboxylic acids is 1. The van der Waals surface area contributed by atoms with Crippen LogP contribution >= 0.6 is 23.2 Å². The molecule has 0 saturated heterocycles. The standard InChI is InChI=1S/C22H24Cl2N2O2/c1-14-10-18(11-15(2)22(14)24)28-9-3-4-16-13-26(8-7-21(25)27)20-12-17(23)5-6-19(16)20/h5-6,10-13H,3-4,7-9H2,1-2H3,(H2,25,27). The second kappa shape index (κ2) is 8.89. The van der Waals surface area contributed by atoms with Gasteiger partial charge in [-0.15, -0.1) is 0 Å². The molecule has 3 aromatic rings. The highest BCUT2D eigenvalue weighted by Crippen LogP contribution is 2.28. The van der Waals surface area contributed by atoms with Crippen molar-refractivity contribution >= 4 is 40.0 Å². The molecule has 0 atom stereocenters. The first-order chi connectivity index (χ1) is 13.3. The van der Waals surface area contributed by atoms with Crippen molar-refractivity contribution in [2.45, 2.75) is 39.7 Å². The molecular weight excluding hydrogens is 395 g/mol. The summed E-state index contributed by atoms with van der Waals surface area (Å²) in [4.78, 5) is 11.2. The molecule has 3 rings (SSSR count). The van der Waals surface area contributed by atoms with E-state index in [1.807, 2.05) is 48.7 Å². The van der Waals surface area contributed by atoms with E-state index in [1.54, 1.807) is 0 Å². The minimum absolute atomic E-state index is 0.300. The van der Waals surface area contributed by atoms with Crippen molar-refractivity contribution < 1.29 is 9.53 Å². The lowest BCUT2D eigenvalue weighted by Gasteiger charge is -2.10. The summed E-state index contributed by atoms with van der Waals surface area (Å²) in [7, 11) is 0. The number of rotatable bonds is 8. The largest absolute Gasteiger partial charge is 0.494 e. The maximum absolute atomic E-state index is 11.2. The molecule has 28 heavy (non-hydrogen) atoms. The molecule has 1 amide bonds. The van der Waals surface area contributed by atoms with E-state index in [2.05, 4.69) is 6.20 Å². The highest BCUT2D eigenvalue weighted by molar-refractivity contribution is 6.32. The molecule has 6 heteroatoms. The fraction of sp³-hybridized carbons (Fsp3) is 0.318. The summed E-state index contributed by atoms with van der Waals surface area (Å²) in [6.45, 7) is 5.12. The van der Waals surface area contributed by atoms with E-state index in [0.717, 1.165) is 45.6 Å². The summed E-state index contributed by atoms with van der Waals surface area (Å²) in [5.74, 6) is 0.530. The van der Waals surface area contributed by atoms with Crippen molar-refractivity contribution in [2.75, 3.05) is 6.61 Å². The Bertz CT molecular complexity index is 988. The number of ether oxygens (including phenoxy) is 1. The van der Waals surface area contributed by atoms with Crippen LogP contribution in [0, 0.1) is 13.8 Å². The zero-order valence-corrected chi connectivity index (χ0v) is 17.6. The second-order valence-electron chi connectivity index (χ2n) is 7.05. The maximum Gasteiger partial charge on any atom is 0.219 e. The number of hydrogen-bond acceptors (Lipinski definition) is 2. The van der Waals surface area contributed by atoms with Gasteiger partial charge in [0.2, 0.25) is 5.91 Å². The Morgan fingerprint density at radius 1 is 1.14 bits per heavy atom. The van der Waals surface area contributed by atoms with Gasteiger partial charge in [0.05, 0.1) is 6.61 Å². The van der Waals surface area contributed by atoms with Gasteiger partial charge in [-0.1, -0.05) is 29.3 Å². The third kappa shape index (κ3) is 4.81. The summed E-state index contributed by atoms with van der Waals surface area (Å²) in [6.07, 6.45) is 4.13. The number of nitrogens with zero attached hydrogens (tertiary/aromatic N) is 1. The number of nitrogens with two attached hydrogens (primary N) is 1. The van der Waals surface area contributed by atoms with Crippen LogP contribution in [0.25, 0.3) is 10.9 Å². The van der Waals surface area contributed by atoms with Gasteiger partial charge in [-0.3, -0.25) is 4.79 Å². The van der Waals surface area contributed by atoms with Crippen LogP contribution in [-0.4, -0.2) is 17.1 Å². The van der Waals surface area contributed by atoms with E-state index in [0.29, 0.717) is 24.6 Å². The molecule has 2 N–H and O–H groups in total. The number of benzene rings is 2. The zero-order chi connectivity index (χ0) is 20.3. The van der Waals surface area contributed by atoms with Crippen LogP contribution in [0.1, 0.15) is 29.5 Å². The van der Waals surface area contributed by atoms with E-state index in [-0.39, 0.29) is 5.91 Å². The topological polar surface area (TPSA) is 57.2 Å². The van der Waals surface area contributed by atoms with Crippen molar-refractivity contribution in [3.8, 4) is 5.75 Å². The summed E-state index contributed by atoms with van der Waals surface area (Å²) in [6, 6.07) is 9.78. The van der Waals surface area contributed by atoms with Gasteiger partial charge in [0.1, 0.15) is 5.75 Å². The molecular formula is C22H24Cl2N2O2. The molecule has 2 aromatic carbocycles. The maximum atomic E-state index is 11.2. The van der Waals surface area contributed by atoms with E-state index in [9.17, 15) is 4.79 Å². The van der Waals surface area contributed by atoms with Gasteiger partial charge in [0.15, 0.2) is 0 Å². The van der Waals surface area contributed by atoms with Crippen LogP contribution in [0.4, 0.5) is 0 Å². The van der Waals surface area contributed by atoms with Gasteiger partial charge < -0.3 is 15.0 Å². The number of primary amides is 1. The number of amides is 1. The molecule has 1 aromatic heterocycles. The lowest BCUT2D eigenvalue weighted by atomic mass is 10.1. The van der Waals surface area contributed by atoms with Crippen molar-refractivity contribution in [1.29, 1.82) is 0 Å². The van der Waals surface area contributed by atoms with Crippen LogP contribution in [-0.2, 0) is 17.8 Å². The summed E-state index contributed by atoms with van der Waals surface area (Å²) < 4.78 is 7.96. The Morgan fingerprint density at radius 2 is 1.86 bits per heavy atom. The third-order valence-electron chi connectivity index (χ3n) is 4.80. The average Bonchev–Trinajstić information content (AvgIpc) is 2.98. The molecule has 0 saturated carbocycles. The monoisotopic (exact) mass is 418 g/mol. The Balaban J connectivity index is 1.68. The van der Waals surface area contributed by atoms with E-state index >= 15 is 0 Å². The number of halogens is 2. The fourth-order valence-corrected chi connectivity index (χ4v) is 3.67. The van der Waals surface area contributed by atoms with Gasteiger partial charge in [0.25, 0.3) is 0 Å². The number of hydrogen-bond donors (Lipinski definition) is 1. The molecule has 148 valence electrons. The first kappa shape index (κ1) is 20.6. The molecule has 0 unspecified atom stereocenters. The first-order valence-corrected chi connectivity index (χ1v) is 10.1. The molecule has 0 bridgehead atoms. The van der Waals surface area contributed by atoms with Gasteiger partial charge in [-0.05, 0) is 67.6 Å². The van der Waals surface area contributed by atoms with Gasteiger partial charge in [-0.25, -0.2) is 0 Å². The Morgan fingerprint density at radius 3 is 2.54 bits per heavy atom. The van der Waals surface area contributed by atoms with E-state index in [1.165, 1.54) is 5.56 Å². The summed E-state index contributed by atoms with van der Waals surface area (Å²) in [5.41, 5.74) is 9.57. The van der Waals surface area contributed by atoms with Crippen LogP contribution in [0.3, 0.4) is 0 Å². The number of fused-ring (bicyclic) bond motifs is 1. The first-order valence-electron chi connectivity index (χ1n) is 9.30. The summed E-state index contributed by atoms with van der Waals surface area (Å²) in [5, 5.41) is 2.61. The molecule has 0 aliphatic carbocycles. The molecule has 0 spiro atoms. The predicted octanol–water partition coefficient (Wildman–Crippen LogP) is 5.45. The average molecular weight is 419 g/mol. The number of aromatic nitrogens is 1. The highest BCUT2D eigenvalue weighted by atomic mass is 35.5. The van der Waals surface area contributed by atoms with Crippen LogP contribution in [0.5, 0.6) is 5.75 Å². The minimum Gasteiger partial charge on any atom is -0.494 e. The quantitative estimate of drug-likeness (QED) is 0.494. The van der Waals surface area contributed by atoms with E-state index < -0.39 is 0 Å². The second-order valence-corrected chi connectivity index (χ2v) is 7.86. The van der Waals surface area contributed by atoms with Crippen LogP contribution in [0.2, 0.25) is 10.0 Å². The Hall–Kier alpha value is -2.17. The van der Waals surface area contributed by atoms with Crippen molar-refractivity contribution in [1.82, 2.24) is 4.57 Å². The van der Waals surface area contributed by atoms with Crippen LogP contribution in [0.15, 0.2) is 36.5 Å². The fourth-order valence-electron chi connectivity index (χ4n) is 3.40. The highest BCUT2D eigenvalue weighted by Gasteiger charge is 2.10. The predicted molar refractivity (Wildman–Crippen MR) is 116 cm³/mol. The molecule has 1 heterocycles. The lowest BCUT2D eigenvalue weighted by Crippen LogP contribution is -2.13.